The van der Waals surface area contributed by atoms with E-state index >= 15 is 0 Å². The lowest BCUT2D eigenvalue weighted by Crippen LogP contribution is -2.35. The van der Waals surface area contributed by atoms with Crippen molar-refractivity contribution >= 4 is 18.7 Å². The van der Waals surface area contributed by atoms with E-state index in [0.29, 0.717) is 26.1 Å². The Kier molecular flexibility index (Phi) is 16.7. The van der Waals surface area contributed by atoms with Crippen molar-refractivity contribution < 1.29 is 19.1 Å². The quantitative estimate of drug-likeness (QED) is 0.335. The number of hydrogen-bond acceptors (Lipinski definition) is 6. The second kappa shape index (κ2) is 17.6. The van der Waals surface area contributed by atoms with Gasteiger partial charge in [-0.05, 0) is 52.2 Å². The SMILES string of the molecule is CC1CCC1.CCOC(=O)CN(C)CCC(CCC=O)CN(C=O)CCNC. The first-order valence-corrected chi connectivity index (χ1v) is 10.6. The average Bonchev–Trinajstić information content (AvgIpc) is 2.65. The Balaban J connectivity index is 0.00000125. The lowest BCUT2D eigenvalue weighted by Gasteiger charge is -2.25. The molecule has 1 fully saturated rings. The molecule has 0 heterocycles. The molecule has 1 amide bonds. The maximum Gasteiger partial charge on any atom is 0.320 e. The van der Waals surface area contributed by atoms with Crippen LogP contribution in [0.4, 0.5) is 0 Å². The second-order valence-corrected chi connectivity index (χ2v) is 7.68. The van der Waals surface area contributed by atoms with E-state index in [2.05, 4.69) is 12.2 Å². The third-order valence-electron chi connectivity index (χ3n) is 5.00. The molecule has 1 aliphatic rings. The number of hydrogen-bond donors (Lipinski definition) is 1. The zero-order chi connectivity index (χ0) is 21.2. The van der Waals surface area contributed by atoms with Crippen molar-refractivity contribution in [3.63, 3.8) is 0 Å². The molecule has 0 aromatic heterocycles. The maximum atomic E-state index is 11.4. The van der Waals surface area contributed by atoms with E-state index in [0.717, 1.165) is 44.5 Å². The highest BCUT2D eigenvalue weighted by atomic mass is 16.5. The van der Waals surface area contributed by atoms with Crippen molar-refractivity contribution in [2.75, 3.05) is 53.4 Å². The standard InChI is InChI=1S/C16H31N3O4.C5H10/c1-4-23-16(22)13-18(3)9-7-15(6-5-11-20)12-19(14-21)10-8-17-2;1-5-3-2-4-5/h11,14-15,17H,4-10,12-13H2,1-3H3;5H,2-4H2,1H3. The van der Waals surface area contributed by atoms with Crippen molar-refractivity contribution in [2.24, 2.45) is 11.8 Å². The van der Waals surface area contributed by atoms with E-state index in [-0.39, 0.29) is 18.4 Å². The number of likely N-dealkylation sites (N-methyl/N-ethyl adjacent to an activating group) is 2. The molecule has 7 nitrogen and oxygen atoms in total. The molecule has 0 saturated heterocycles. The molecule has 1 unspecified atom stereocenters. The summed E-state index contributed by atoms with van der Waals surface area (Å²) in [5, 5.41) is 3.02. The van der Waals surface area contributed by atoms with Crippen LogP contribution in [0.3, 0.4) is 0 Å². The van der Waals surface area contributed by atoms with Crippen LogP contribution in [-0.4, -0.2) is 81.9 Å². The molecular formula is C21H41N3O4. The van der Waals surface area contributed by atoms with Crippen LogP contribution in [-0.2, 0) is 19.1 Å². The van der Waals surface area contributed by atoms with Gasteiger partial charge in [0.15, 0.2) is 0 Å². The lowest BCUT2D eigenvalue weighted by atomic mass is 9.88. The largest absolute Gasteiger partial charge is 0.465 e. The molecule has 1 N–H and O–H groups in total. The highest BCUT2D eigenvalue weighted by molar-refractivity contribution is 5.71. The summed E-state index contributed by atoms with van der Waals surface area (Å²) in [6.45, 7) is 7.47. The number of carbonyl (C=O) groups is 3. The van der Waals surface area contributed by atoms with Gasteiger partial charge < -0.3 is 19.7 Å². The number of carbonyl (C=O) groups excluding carboxylic acids is 3. The first-order valence-electron chi connectivity index (χ1n) is 10.6. The maximum absolute atomic E-state index is 11.4. The average molecular weight is 400 g/mol. The van der Waals surface area contributed by atoms with Gasteiger partial charge in [-0.25, -0.2) is 0 Å². The Morgan fingerprint density at radius 3 is 2.39 bits per heavy atom. The molecule has 1 atom stereocenters. The molecule has 1 rings (SSSR count). The van der Waals surface area contributed by atoms with Crippen molar-refractivity contribution in [2.45, 2.75) is 52.4 Å². The fraction of sp³-hybridized carbons (Fsp3) is 0.857. The van der Waals surface area contributed by atoms with Crippen LogP contribution in [0.15, 0.2) is 0 Å². The van der Waals surface area contributed by atoms with Crippen LogP contribution in [0.1, 0.15) is 52.4 Å². The topological polar surface area (TPSA) is 79.0 Å². The first kappa shape index (κ1) is 26.5. The van der Waals surface area contributed by atoms with E-state index in [1.807, 2.05) is 19.0 Å². The van der Waals surface area contributed by atoms with Gasteiger partial charge in [0.05, 0.1) is 13.2 Å². The molecular weight excluding hydrogens is 358 g/mol. The van der Waals surface area contributed by atoms with Crippen LogP contribution in [0, 0.1) is 11.8 Å². The summed E-state index contributed by atoms with van der Waals surface area (Å²) in [4.78, 5) is 36.8. The monoisotopic (exact) mass is 399 g/mol. The summed E-state index contributed by atoms with van der Waals surface area (Å²) in [6.07, 6.45) is 8.29. The number of esters is 1. The summed E-state index contributed by atoms with van der Waals surface area (Å²) in [7, 11) is 3.71. The number of nitrogens with zero attached hydrogens (tertiary/aromatic N) is 2. The van der Waals surface area contributed by atoms with Crippen molar-refractivity contribution in [3.8, 4) is 0 Å². The van der Waals surface area contributed by atoms with Crippen LogP contribution in [0.2, 0.25) is 0 Å². The van der Waals surface area contributed by atoms with Crippen LogP contribution >= 0.6 is 0 Å². The molecule has 0 spiro atoms. The normalized spacial score (nSPS) is 14.5. The van der Waals surface area contributed by atoms with E-state index in [1.165, 1.54) is 19.3 Å². The molecule has 7 heteroatoms. The lowest BCUT2D eigenvalue weighted by molar-refractivity contribution is -0.144. The van der Waals surface area contributed by atoms with E-state index < -0.39 is 0 Å². The second-order valence-electron chi connectivity index (χ2n) is 7.68. The van der Waals surface area contributed by atoms with Gasteiger partial charge >= 0.3 is 5.97 Å². The predicted molar refractivity (Wildman–Crippen MR) is 112 cm³/mol. The minimum atomic E-state index is -0.233. The van der Waals surface area contributed by atoms with E-state index in [1.54, 1.807) is 11.8 Å². The summed E-state index contributed by atoms with van der Waals surface area (Å²) >= 11 is 0. The molecule has 1 saturated carbocycles. The minimum absolute atomic E-state index is 0.233. The van der Waals surface area contributed by atoms with Crippen LogP contribution in [0.5, 0.6) is 0 Å². The fourth-order valence-corrected chi connectivity index (χ4v) is 2.93. The zero-order valence-corrected chi connectivity index (χ0v) is 18.3. The fourth-order valence-electron chi connectivity index (χ4n) is 2.93. The Labute approximate surface area is 171 Å². The summed E-state index contributed by atoms with van der Waals surface area (Å²) in [6, 6.07) is 0. The van der Waals surface area contributed by atoms with Gasteiger partial charge in [0.25, 0.3) is 0 Å². The van der Waals surface area contributed by atoms with Crippen molar-refractivity contribution in [1.82, 2.24) is 15.1 Å². The molecule has 164 valence electrons. The Hall–Kier alpha value is -1.47. The number of aldehydes is 1. The van der Waals surface area contributed by atoms with Gasteiger partial charge in [-0.15, -0.1) is 0 Å². The van der Waals surface area contributed by atoms with E-state index in [4.69, 9.17) is 4.74 Å². The zero-order valence-electron chi connectivity index (χ0n) is 18.3. The van der Waals surface area contributed by atoms with Crippen LogP contribution in [0.25, 0.3) is 0 Å². The van der Waals surface area contributed by atoms with Crippen molar-refractivity contribution in [3.05, 3.63) is 0 Å². The minimum Gasteiger partial charge on any atom is -0.465 e. The molecule has 0 radical (unpaired) electrons. The third kappa shape index (κ3) is 14.6. The molecule has 0 bridgehead atoms. The van der Waals surface area contributed by atoms with Gasteiger partial charge in [-0.3, -0.25) is 14.5 Å². The van der Waals surface area contributed by atoms with E-state index in [9.17, 15) is 14.4 Å². The van der Waals surface area contributed by atoms with Crippen LogP contribution < -0.4 is 5.32 Å². The molecule has 28 heavy (non-hydrogen) atoms. The number of rotatable bonds is 15. The molecule has 0 aromatic carbocycles. The predicted octanol–water partition coefficient (Wildman–Crippen LogP) is 1.95. The van der Waals surface area contributed by atoms with Crippen molar-refractivity contribution in [1.29, 1.82) is 0 Å². The molecule has 0 aromatic rings. The first-order chi connectivity index (χ1) is 13.5. The summed E-state index contributed by atoms with van der Waals surface area (Å²) < 4.78 is 4.92. The van der Waals surface area contributed by atoms with Gasteiger partial charge in [0.2, 0.25) is 6.41 Å². The number of nitrogens with one attached hydrogen (secondary N) is 1. The summed E-state index contributed by atoms with van der Waals surface area (Å²) in [5.74, 6) is 1.07. The third-order valence-corrected chi connectivity index (χ3v) is 5.00. The summed E-state index contributed by atoms with van der Waals surface area (Å²) in [5.41, 5.74) is 0. The Bertz CT molecular complexity index is 416. The molecule has 1 aliphatic carbocycles. The smallest absolute Gasteiger partial charge is 0.320 e. The Morgan fingerprint density at radius 1 is 1.25 bits per heavy atom. The number of amides is 1. The van der Waals surface area contributed by atoms with Gasteiger partial charge in [0, 0.05) is 26.1 Å². The molecule has 0 aliphatic heterocycles. The van der Waals surface area contributed by atoms with Gasteiger partial charge in [-0.1, -0.05) is 26.2 Å². The Morgan fingerprint density at radius 2 is 1.93 bits per heavy atom. The number of ether oxygens (including phenoxy) is 1. The highest BCUT2D eigenvalue weighted by Crippen LogP contribution is 2.24. The van der Waals surface area contributed by atoms with Gasteiger partial charge in [-0.2, -0.15) is 0 Å². The van der Waals surface area contributed by atoms with Gasteiger partial charge in [0.1, 0.15) is 6.29 Å². The highest BCUT2D eigenvalue weighted by Gasteiger charge is 2.15.